The lowest BCUT2D eigenvalue weighted by Crippen LogP contribution is -2.32. The van der Waals surface area contributed by atoms with E-state index in [1.165, 1.54) is 0 Å². The second-order valence-electron chi connectivity index (χ2n) is 6.30. The number of hydrogen-bond donors (Lipinski definition) is 1. The Bertz CT molecular complexity index is 714. The first-order valence-electron chi connectivity index (χ1n) is 8.47. The van der Waals surface area contributed by atoms with Gasteiger partial charge in [0.25, 0.3) is 5.91 Å². The molecule has 4 heteroatoms. The fourth-order valence-corrected chi connectivity index (χ4v) is 3.14. The molecule has 2 aromatic carbocycles. The summed E-state index contributed by atoms with van der Waals surface area (Å²) in [5, 5.41) is 0. The van der Waals surface area contributed by atoms with Crippen LogP contribution in [0.5, 0.6) is 5.75 Å². The summed E-state index contributed by atoms with van der Waals surface area (Å²) < 4.78 is 5.29. The average molecular weight is 324 g/mol. The number of methoxy groups -OCH3 is 1. The minimum atomic E-state index is 0.0915. The number of rotatable bonds is 3. The van der Waals surface area contributed by atoms with Crippen molar-refractivity contribution in [2.45, 2.75) is 25.3 Å². The number of likely N-dealkylation sites (tertiary alicyclic amines) is 1. The number of hydrogen-bond acceptors (Lipinski definition) is 3. The van der Waals surface area contributed by atoms with Crippen molar-refractivity contribution >= 4 is 5.91 Å². The van der Waals surface area contributed by atoms with E-state index in [-0.39, 0.29) is 11.9 Å². The average Bonchev–Trinajstić information content (AvgIpc) is 2.86. The second-order valence-corrected chi connectivity index (χ2v) is 6.30. The summed E-state index contributed by atoms with van der Waals surface area (Å²) in [5.41, 5.74) is 8.80. The summed E-state index contributed by atoms with van der Waals surface area (Å²) in [6, 6.07) is 15.9. The van der Waals surface area contributed by atoms with Gasteiger partial charge in [-0.25, -0.2) is 0 Å². The lowest BCUT2D eigenvalue weighted by molar-refractivity contribution is 0.0761. The van der Waals surface area contributed by atoms with Crippen molar-refractivity contribution in [1.29, 1.82) is 0 Å². The van der Waals surface area contributed by atoms with E-state index in [0.29, 0.717) is 0 Å². The van der Waals surface area contributed by atoms with E-state index in [9.17, 15) is 4.79 Å². The standard InChI is InChI=1S/C20H24N2O2/c1-24-19-9-3-6-16(14-19)15-5-2-7-17(13-15)20(23)22-11-4-8-18(21)10-12-22/h2-3,5-7,9,13-14,18H,4,8,10-12,21H2,1H3. The maximum atomic E-state index is 12.8. The molecule has 1 amide bonds. The first kappa shape index (κ1) is 16.5. The third kappa shape index (κ3) is 3.77. The number of nitrogens with zero attached hydrogens (tertiary/aromatic N) is 1. The Morgan fingerprint density at radius 3 is 2.62 bits per heavy atom. The molecule has 0 bridgehead atoms. The highest BCUT2D eigenvalue weighted by Crippen LogP contribution is 2.25. The molecule has 2 aromatic rings. The summed E-state index contributed by atoms with van der Waals surface area (Å²) in [5.74, 6) is 0.902. The quantitative estimate of drug-likeness (QED) is 0.942. The Hall–Kier alpha value is -2.33. The number of ether oxygens (including phenoxy) is 1. The van der Waals surface area contributed by atoms with Crippen LogP contribution in [-0.4, -0.2) is 37.0 Å². The molecule has 1 aliphatic rings. The van der Waals surface area contributed by atoms with Gasteiger partial charge >= 0.3 is 0 Å². The van der Waals surface area contributed by atoms with Crippen LogP contribution in [0, 0.1) is 0 Å². The van der Waals surface area contributed by atoms with Crippen LogP contribution in [0.15, 0.2) is 48.5 Å². The van der Waals surface area contributed by atoms with Gasteiger partial charge < -0.3 is 15.4 Å². The van der Waals surface area contributed by atoms with Crippen molar-refractivity contribution < 1.29 is 9.53 Å². The van der Waals surface area contributed by atoms with Crippen molar-refractivity contribution in [3.8, 4) is 16.9 Å². The van der Waals surface area contributed by atoms with Crippen LogP contribution in [0.1, 0.15) is 29.6 Å². The van der Waals surface area contributed by atoms with Gasteiger partial charge in [0.15, 0.2) is 0 Å². The van der Waals surface area contributed by atoms with Crippen LogP contribution in [0.25, 0.3) is 11.1 Å². The van der Waals surface area contributed by atoms with Crippen molar-refractivity contribution in [2.75, 3.05) is 20.2 Å². The first-order valence-corrected chi connectivity index (χ1v) is 8.47. The Morgan fingerprint density at radius 1 is 1.08 bits per heavy atom. The molecule has 2 N–H and O–H groups in total. The molecule has 1 aliphatic heterocycles. The fraction of sp³-hybridized carbons (Fsp3) is 0.350. The summed E-state index contributed by atoms with van der Waals surface area (Å²) in [6.07, 6.45) is 2.84. The largest absolute Gasteiger partial charge is 0.497 e. The molecule has 126 valence electrons. The molecular weight excluding hydrogens is 300 g/mol. The first-order chi connectivity index (χ1) is 11.7. The molecule has 1 heterocycles. The maximum Gasteiger partial charge on any atom is 0.253 e. The highest BCUT2D eigenvalue weighted by molar-refractivity contribution is 5.95. The number of nitrogens with two attached hydrogens (primary N) is 1. The number of carbonyl (C=O) groups is 1. The molecule has 3 rings (SSSR count). The molecule has 1 unspecified atom stereocenters. The number of carbonyl (C=O) groups excluding carboxylic acids is 1. The highest BCUT2D eigenvalue weighted by Gasteiger charge is 2.20. The Kier molecular flexibility index (Phi) is 5.16. The molecule has 0 radical (unpaired) electrons. The smallest absolute Gasteiger partial charge is 0.253 e. The van der Waals surface area contributed by atoms with Gasteiger partial charge in [-0.1, -0.05) is 24.3 Å². The molecule has 0 saturated carbocycles. The third-order valence-electron chi connectivity index (χ3n) is 4.57. The molecule has 0 aliphatic carbocycles. The van der Waals surface area contributed by atoms with Gasteiger partial charge in [0.2, 0.25) is 0 Å². The van der Waals surface area contributed by atoms with E-state index >= 15 is 0 Å². The van der Waals surface area contributed by atoms with Crippen molar-refractivity contribution in [1.82, 2.24) is 4.90 Å². The monoisotopic (exact) mass is 324 g/mol. The van der Waals surface area contributed by atoms with Crippen LogP contribution in [0.2, 0.25) is 0 Å². The van der Waals surface area contributed by atoms with Crippen LogP contribution >= 0.6 is 0 Å². The van der Waals surface area contributed by atoms with Crippen molar-refractivity contribution in [2.24, 2.45) is 5.73 Å². The van der Waals surface area contributed by atoms with E-state index in [1.807, 2.05) is 53.4 Å². The summed E-state index contributed by atoms with van der Waals surface area (Å²) in [6.45, 7) is 1.53. The van der Waals surface area contributed by atoms with Gasteiger partial charge in [-0.15, -0.1) is 0 Å². The minimum Gasteiger partial charge on any atom is -0.497 e. The summed E-state index contributed by atoms with van der Waals surface area (Å²) >= 11 is 0. The predicted molar refractivity (Wildman–Crippen MR) is 96.2 cm³/mol. The summed E-state index contributed by atoms with van der Waals surface area (Å²) in [7, 11) is 1.66. The van der Waals surface area contributed by atoms with Gasteiger partial charge in [0.1, 0.15) is 5.75 Å². The number of amides is 1. The molecular formula is C20H24N2O2. The maximum absolute atomic E-state index is 12.8. The lowest BCUT2D eigenvalue weighted by Gasteiger charge is -2.20. The molecule has 1 atom stereocenters. The van der Waals surface area contributed by atoms with Gasteiger partial charge in [-0.05, 0) is 54.7 Å². The van der Waals surface area contributed by atoms with Gasteiger partial charge in [0, 0.05) is 24.7 Å². The van der Waals surface area contributed by atoms with E-state index in [2.05, 4.69) is 0 Å². The topological polar surface area (TPSA) is 55.6 Å². The van der Waals surface area contributed by atoms with E-state index in [0.717, 1.165) is 54.8 Å². The second kappa shape index (κ2) is 7.49. The zero-order valence-electron chi connectivity index (χ0n) is 14.1. The fourth-order valence-electron chi connectivity index (χ4n) is 3.14. The third-order valence-corrected chi connectivity index (χ3v) is 4.57. The van der Waals surface area contributed by atoms with Crippen LogP contribution in [-0.2, 0) is 0 Å². The van der Waals surface area contributed by atoms with Crippen LogP contribution in [0.3, 0.4) is 0 Å². The molecule has 24 heavy (non-hydrogen) atoms. The lowest BCUT2D eigenvalue weighted by atomic mass is 10.0. The van der Waals surface area contributed by atoms with Gasteiger partial charge in [-0.3, -0.25) is 4.79 Å². The zero-order valence-corrected chi connectivity index (χ0v) is 14.1. The van der Waals surface area contributed by atoms with E-state index in [1.54, 1.807) is 7.11 Å². The van der Waals surface area contributed by atoms with Crippen LogP contribution < -0.4 is 10.5 Å². The van der Waals surface area contributed by atoms with Crippen molar-refractivity contribution in [3.05, 3.63) is 54.1 Å². The number of benzene rings is 2. The Morgan fingerprint density at radius 2 is 1.83 bits per heavy atom. The summed E-state index contributed by atoms with van der Waals surface area (Å²) in [4.78, 5) is 14.8. The predicted octanol–water partition coefficient (Wildman–Crippen LogP) is 3.32. The van der Waals surface area contributed by atoms with Gasteiger partial charge in [0.05, 0.1) is 7.11 Å². The van der Waals surface area contributed by atoms with E-state index < -0.39 is 0 Å². The molecule has 1 fully saturated rings. The highest BCUT2D eigenvalue weighted by atomic mass is 16.5. The Labute approximate surface area is 143 Å². The zero-order chi connectivity index (χ0) is 16.9. The Balaban J connectivity index is 1.83. The molecule has 4 nitrogen and oxygen atoms in total. The normalized spacial score (nSPS) is 18.1. The van der Waals surface area contributed by atoms with Gasteiger partial charge in [-0.2, -0.15) is 0 Å². The molecule has 0 aromatic heterocycles. The molecule has 0 spiro atoms. The SMILES string of the molecule is COc1cccc(-c2cccc(C(=O)N3CCCC(N)CC3)c2)c1. The van der Waals surface area contributed by atoms with Crippen LogP contribution in [0.4, 0.5) is 0 Å². The van der Waals surface area contributed by atoms with E-state index in [4.69, 9.17) is 10.5 Å². The molecule has 1 saturated heterocycles. The minimum absolute atomic E-state index is 0.0915. The van der Waals surface area contributed by atoms with Crippen molar-refractivity contribution in [3.63, 3.8) is 0 Å².